The second-order valence-corrected chi connectivity index (χ2v) is 8.19. The van der Waals surface area contributed by atoms with Crippen molar-refractivity contribution in [3.63, 3.8) is 0 Å². The summed E-state index contributed by atoms with van der Waals surface area (Å²) in [5.74, 6) is 0. The van der Waals surface area contributed by atoms with E-state index in [1.807, 2.05) is 0 Å². The molecule has 142 valence electrons. The number of hydrogen-bond donors (Lipinski definition) is 0. The molecule has 0 spiro atoms. The molecule has 1 aromatic carbocycles. The van der Waals surface area contributed by atoms with Gasteiger partial charge in [0.25, 0.3) is 5.56 Å². The molecule has 0 fully saturated rings. The van der Waals surface area contributed by atoms with Crippen molar-refractivity contribution in [3.05, 3.63) is 63.0 Å². The molecule has 2 rings (SSSR count). The van der Waals surface area contributed by atoms with Gasteiger partial charge in [0.15, 0.2) is 0 Å². The van der Waals surface area contributed by atoms with Gasteiger partial charge in [-0.3, -0.25) is 4.79 Å². The maximum Gasteiger partial charge on any atom is 0.409 e. The molecule has 0 aliphatic rings. The number of aryl methyl sites for hydroxylation is 2. The standard InChI is InChI=1S/C16H16ClF3N2O3S/c1-10-8-14(23)21(2)9-13(10)26(24,25)22(3)15(16(18,19)20)11-4-6-12(17)7-5-11/h4-9,15H,1-3H3. The molecule has 1 atom stereocenters. The predicted octanol–water partition coefficient (Wildman–Crippen LogP) is 3.27. The number of aromatic nitrogens is 1. The van der Waals surface area contributed by atoms with Crippen LogP contribution in [-0.4, -0.2) is 30.5 Å². The number of hydrogen-bond acceptors (Lipinski definition) is 3. The van der Waals surface area contributed by atoms with Crippen molar-refractivity contribution in [2.45, 2.75) is 24.0 Å². The SMILES string of the molecule is Cc1cc(=O)n(C)cc1S(=O)(=O)N(C)C(c1ccc(Cl)cc1)C(F)(F)F. The largest absolute Gasteiger partial charge is 0.409 e. The number of sulfonamides is 1. The van der Waals surface area contributed by atoms with E-state index in [1.54, 1.807) is 0 Å². The lowest BCUT2D eigenvalue weighted by atomic mass is 10.1. The van der Waals surface area contributed by atoms with E-state index in [-0.39, 0.29) is 25.4 Å². The Hall–Kier alpha value is -1.84. The van der Waals surface area contributed by atoms with Gasteiger partial charge in [0.2, 0.25) is 10.0 Å². The minimum Gasteiger partial charge on any atom is -0.317 e. The zero-order valence-electron chi connectivity index (χ0n) is 14.1. The molecule has 26 heavy (non-hydrogen) atoms. The fourth-order valence-corrected chi connectivity index (χ4v) is 4.23. The molecule has 1 unspecified atom stereocenters. The van der Waals surface area contributed by atoms with Gasteiger partial charge in [0.1, 0.15) is 10.9 Å². The third-order valence-corrected chi connectivity index (χ3v) is 6.11. The Morgan fingerprint density at radius 2 is 1.73 bits per heavy atom. The van der Waals surface area contributed by atoms with Gasteiger partial charge in [-0.05, 0) is 30.2 Å². The number of benzene rings is 1. The van der Waals surface area contributed by atoms with E-state index in [9.17, 15) is 26.4 Å². The molecule has 2 aromatic rings. The topological polar surface area (TPSA) is 59.4 Å². The van der Waals surface area contributed by atoms with Crippen molar-refractivity contribution in [2.75, 3.05) is 7.05 Å². The smallest absolute Gasteiger partial charge is 0.317 e. The van der Waals surface area contributed by atoms with Crippen LogP contribution in [0.25, 0.3) is 0 Å². The van der Waals surface area contributed by atoms with Gasteiger partial charge in [0, 0.05) is 31.4 Å². The molecule has 0 saturated heterocycles. The first kappa shape index (κ1) is 20.5. The summed E-state index contributed by atoms with van der Waals surface area (Å²) in [6.07, 6.45) is -3.84. The van der Waals surface area contributed by atoms with Crippen molar-refractivity contribution in [1.29, 1.82) is 0 Å². The van der Waals surface area contributed by atoms with Crippen LogP contribution in [0.1, 0.15) is 17.2 Å². The monoisotopic (exact) mass is 408 g/mol. The normalized spacial score (nSPS) is 13.8. The Morgan fingerprint density at radius 3 is 2.23 bits per heavy atom. The molecule has 0 bridgehead atoms. The first-order valence-corrected chi connectivity index (χ1v) is 9.15. The number of rotatable bonds is 4. The summed E-state index contributed by atoms with van der Waals surface area (Å²) in [6.45, 7) is 1.35. The predicted molar refractivity (Wildman–Crippen MR) is 91.6 cm³/mol. The Kier molecular flexibility index (Phi) is 5.55. The molecule has 1 aromatic heterocycles. The van der Waals surface area contributed by atoms with Crippen LogP contribution in [0.5, 0.6) is 0 Å². The Labute approximate surface area is 153 Å². The Bertz CT molecular complexity index is 970. The Morgan fingerprint density at radius 1 is 1.19 bits per heavy atom. The van der Waals surface area contributed by atoms with E-state index in [1.165, 1.54) is 26.1 Å². The molecule has 0 aliphatic carbocycles. The average molecular weight is 409 g/mol. The van der Waals surface area contributed by atoms with E-state index in [4.69, 9.17) is 11.6 Å². The lowest BCUT2D eigenvalue weighted by molar-refractivity contribution is -0.171. The summed E-state index contributed by atoms with van der Waals surface area (Å²) in [7, 11) is -2.35. The van der Waals surface area contributed by atoms with Crippen molar-refractivity contribution in [2.24, 2.45) is 7.05 Å². The van der Waals surface area contributed by atoms with Gasteiger partial charge in [-0.25, -0.2) is 8.42 Å². The molecule has 0 aliphatic heterocycles. The second kappa shape index (κ2) is 7.05. The van der Waals surface area contributed by atoms with E-state index < -0.39 is 27.8 Å². The zero-order chi connectivity index (χ0) is 19.9. The molecule has 1 heterocycles. The van der Waals surface area contributed by atoms with Crippen LogP contribution in [-0.2, 0) is 17.1 Å². The van der Waals surface area contributed by atoms with E-state index >= 15 is 0 Å². The first-order valence-electron chi connectivity index (χ1n) is 7.33. The molecular formula is C16H16ClF3N2O3S. The minimum absolute atomic E-state index is 0.0666. The lowest BCUT2D eigenvalue weighted by Gasteiger charge is -2.30. The summed E-state index contributed by atoms with van der Waals surface area (Å²) in [6, 6.07) is 3.42. The lowest BCUT2D eigenvalue weighted by Crippen LogP contribution is -2.40. The highest BCUT2D eigenvalue weighted by Gasteiger charge is 2.48. The summed E-state index contributed by atoms with van der Waals surface area (Å²) in [5, 5.41) is 0.231. The fraction of sp³-hybridized carbons (Fsp3) is 0.312. The van der Waals surface area contributed by atoms with Crippen LogP contribution in [0, 0.1) is 6.92 Å². The number of nitrogens with zero attached hydrogens (tertiary/aromatic N) is 2. The van der Waals surface area contributed by atoms with Crippen LogP contribution < -0.4 is 5.56 Å². The van der Waals surface area contributed by atoms with Crippen LogP contribution in [0.2, 0.25) is 5.02 Å². The van der Waals surface area contributed by atoms with Gasteiger partial charge >= 0.3 is 6.18 Å². The molecule has 0 saturated carbocycles. The highest BCUT2D eigenvalue weighted by Crippen LogP contribution is 2.40. The highest BCUT2D eigenvalue weighted by molar-refractivity contribution is 7.89. The van der Waals surface area contributed by atoms with E-state index in [0.717, 1.165) is 36.0 Å². The summed E-state index contributed by atoms with van der Waals surface area (Å²) in [5.41, 5.74) is -0.665. The van der Waals surface area contributed by atoms with Crippen LogP contribution >= 0.6 is 11.6 Å². The number of alkyl halides is 3. The van der Waals surface area contributed by atoms with Crippen LogP contribution in [0.4, 0.5) is 13.2 Å². The average Bonchev–Trinajstić information content (AvgIpc) is 2.51. The van der Waals surface area contributed by atoms with Gasteiger partial charge in [0.05, 0.1) is 0 Å². The van der Waals surface area contributed by atoms with Gasteiger partial charge in [-0.15, -0.1) is 0 Å². The van der Waals surface area contributed by atoms with Gasteiger partial charge in [-0.2, -0.15) is 17.5 Å². The van der Waals surface area contributed by atoms with Crippen molar-refractivity contribution >= 4 is 21.6 Å². The van der Waals surface area contributed by atoms with E-state index in [2.05, 4.69) is 0 Å². The van der Waals surface area contributed by atoms with Crippen molar-refractivity contribution in [3.8, 4) is 0 Å². The summed E-state index contributed by atoms with van der Waals surface area (Å²) < 4.78 is 67.9. The van der Waals surface area contributed by atoms with Crippen LogP contribution in [0.15, 0.2) is 46.2 Å². The summed E-state index contributed by atoms with van der Waals surface area (Å²) >= 11 is 5.70. The third kappa shape index (κ3) is 3.94. The summed E-state index contributed by atoms with van der Waals surface area (Å²) in [4.78, 5) is 11.2. The molecular weight excluding hydrogens is 393 g/mol. The van der Waals surface area contributed by atoms with Gasteiger partial charge in [-0.1, -0.05) is 23.7 Å². The van der Waals surface area contributed by atoms with E-state index in [0.29, 0.717) is 0 Å². The zero-order valence-corrected chi connectivity index (χ0v) is 15.7. The fourth-order valence-electron chi connectivity index (χ4n) is 2.51. The van der Waals surface area contributed by atoms with Gasteiger partial charge < -0.3 is 4.57 Å². The number of halogens is 4. The molecule has 5 nitrogen and oxygen atoms in total. The molecule has 0 radical (unpaired) electrons. The van der Waals surface area contributed by atoms with Crippen molar-refractivity contribution in [1.82, 2.24) is 8.87 Å². The maximum atomic E-state index is 13.7. The highest BCUT2D eigenvalue weighted by atomic mass is 35.5. The minimum atomic E-state index is -4.86. The Balaban J connectivity index is 2.61. The molecule has 10 heteroatoms. The van der Waals surface area contributed by atoms with Crippen molar-refractivity contribution < 1.29 is 21.6 Å². The third-order valence-electron chi connectivity index (χ3n) is 3.90. The first-order chi connectivity index (χ1) is 11.9. The molecule has 0 amide bonds. The quantitative estimate of drug-likeness (QED) is 0.780. The molecule has 0 N–H and O–H groups in total. The number of pyridine rings is 1. The second-order valence-electron chi connectivity index (χ2n) is 5.79. The maximum absolute atomic E-state index is 13.7. The van der Waals surface area contributed by atoms with Crippen LogP contribution in [0.3, 0.4) is 0 Å².